The van der Waals surface area contributed by atoms with E-state index in [0.29, 0.717) is 5.69 Å². The van der Waals surface area contributed by atoms with Gasteiger partial charge in [0.1, 0.15) is 0 Å². The number of rotatable bonds is 3. The van der Waals surface area contributed by atoms with Crippen LogP contribution >= 0.6 is 22.6 Å². The largest absolute Gasteiger partial charge is 0.550 e. The third-order valence-corrected chi connectivity index (χ3v) is 4.55. The van der Waals surface area contributed by atoms with Crippen LogP contribution in [-0.4, -0.2) is 24.1 Å². The lowest BCUT2D eigenvalue weighted by atomic mass is 9.82. The van der Waals surface area contributed by atoms with Gasteiger partial charge in [0, 0.05) is 15.5 Å². The van der Waals surface area contributed by atoms with E-state index in [9.17, 15) is 14.7 Å². The molecule has 5 nitrogen and oxygen atoms in total. The highest BCUT2D eigenvalue weighted by Crippen LogP contribution is 2.39. The lowest BCUT2D eigenvalue weighted by Gasteiger charge is -2.25. The van der Waals surface area contributed by atoms with Crippen molar-refractivity contribution in [1.82, 2.24) is 0 Å². The lowest BCUT2D eigenvalue weighted by Crippen LogP contribution is -2.45. The van der Waals surface area contributed by atoms with E-state index in [2.05, 4.69) is 27.9 Å². The van der Waals surface area contributed by atoms with E-state index in [-0.39, 0.29) is 5.91 Å². The number of anilines is 1. The highest BCUT2D eigenvalue weighted by molar-refractivity contribution is 14.1. The van der Waals surface area contributed by atoms with Gasteiger partial charge in [0.05, 0.1) is 23.8 Å². The molecule has 3 rings (SSSR count). The molecule has 1 fully saturated rings. The van der Waals surface area contributed by atoms with Gasteiger partial charge in [-0.15, -0.1) is 0 Å². The molecule has 0 aliphatic carbocycles. The van der Waals surface area contributed by atoms with E-state index in [0.717, 1.165) is 3.57 Å². The van der Waals surface area contributed by atoms with Gasteiger partial charge < -0.3 is 20.0 Å². The summed E-state index contributed by atoms with van der Waals surface area (Å²) in [5.74, 6) is -3.26. The number of aliphatic carboxylic acids is 1. The minimum Gasteiger partial charge on any atom is -0.550 e. The molecule has 1 saturated heterocycles. The van der Waals surface area contributed by atoms with Crippen molar-refractivity contribution in [2.45, 2.75) is 12.2 Å². The van der Waals surface area contributed by atoms with E-state index >= 15 is 0 Å². The van der Waals surface area contributed by atoms with E-state index in [1.807, 2.05) is 18.2 Å². The Labute approximate surface area is 129 Å². The van der Waals surface area contributed by atoms with Gasteiger partial charge in [-0.05, 0) is 34.7 Å². The number of hydrogen-bond acceptors (Lipinski definition) is 4. The minimum atomic E-state index is -1.25. The van der Waals surface area contributed by atoms with E-state index in [1.165, 1.54) is 0 Å². The average Bonchev–Trinajstić information content (AvgIpc) is 3.01. The van der Waals surface area contributed by atoms with Crippen LogP contribution < -0.4 is 10.4 Å². The van der Waals surface area contributed by atoms with Gasteiger partial charge in [-0.25, -0.2) is 0 Å². The SMILES string of the molecule is O=C([O-])[C@@H]1[C@H](C(=O)Nc2ccccc2I)[C@H]2C=C[C@@H]1O2. The molecule has 0 unspecified atom stereocenters. The van der Waals surface area contributed by atoms with E-state index < -0.39 is 30.0 Å². The maximum absolute atomic E-state index is 12.4. The standard InChI is InChI=1S/C14H12INO4/c15-7-3-1-2-4-8(7)16-13(17)11-9-5-6-10(20-9)12(11)14(18)19/h1-6,9-12H,(H,16,17)(H,18,19)/p-1/t9-,10+,11-,12+/m1/s1. The van der Waals surface area contributed by atoms with Crippen molar-refractivity contribution in [3.05, 3.63) is 40.0 Å². The van der Waals surface area contributed by atoms with Crippen LogP contribution in [0.15, 0.2) is 36.4 Å². The quantitative estimate of drug-likeness (QED) is 0.610. The number of halogens is 1. The van der Waals surface area contributed by atoms with Crippen LogP contribution in [0.3, 0.4) is 0 Å². The number of carboxylic acid groups (broad SMARTS) is 1. The van der Waals surface area contributed by atoms with Crippen LogP contribution in [0.4, 0.5) is 5.69 Å². The van der Waals surface area contributed by atoms with Crippen molar-refractivity contribution < 1.29 is 19.4 Å². The topological polar surface area (TPSA) is 78.5 Å². The molecule has 2 aliphatic heterocycles. The second-order valence-corrected chi connectivity index (χ2v) is 5.95. The molecular formula is C14H11INO4-. The first kappa shape index (κ1) is 13.6. The summed E-state index contributed by atoms with van der Waals surface area (Å²) in [6.07, 6.45) is 2.38. The van der Waals surface area contributed by atoms with Gasteiger partial charge in [-0.2, -0.15) is 0 Å². The number of nitrogens with one attached hydrogen (secondary N) is 1. The number of carbonyl (C=O) groups is 2. The molecule has 4 atom stereocenters. The number of ether oxygens (including phenoxy) is 1. The number of carbonyl (C=O) groups excluding carboxylic acids is 2. The zero-order chi connectivity index (χ0) is 14.3. The Bertz CT molecular complexity index is 601. The van der Waals surface area contributed by atoms with Gasteiger partial charge >= 0.3 is 0 Å². The second kappa shape index (κ2) is 5.17. The number of fused-ring (bicyclic) bond motifs is 2. The van der Waals surface area contributed by atoms with Gasteiger partial charge in [0.15, 0.2) is 0 Å². The Morgan fingerprint density at radius 3 is 2.45 bits per heavy atom. The van der Waals surface area contributed by atoms with E-state index in [1.54, 1.807) is 18.2 Å². The van der Waals surface area contributed by atoms with Crippen molar-refractivity contribution in [2.75, 3.05) is 5.32 Å². The fourth-order valence-electron chi connectivity index (χ4n) is 2.68. The van der Waals surface area contributed by atoms with Crippen LogP contribution in [0.25, 0.3) is 0 Å². The number of carboxylic acids is 1. The van der Waals surface area contributed by atoms with Gasteiger partial charge in [-0.1, -0.05) is 24.3 Å². The van der Waals surface area contributed by atoms with Crippen LogP contribution in [0.1, 0.15) is 0 Å². The van der Waals surface area contributed by atoms with Crippen molar-refractivity contribution in [3.63, 3.8) is 0 Å². The van der Waals surface area contributed by atoms with E-state index in [4.69, 9.17) is 4.74 Å². The third-order valence-electron chi connectivity index (χ3n) is 3.61. The Morgan fingerprint density at radius 2 is 1.80 bits per heavy atom. The van der Waals surface area contributed by atoms with Gasteiger partial charge in [-0.3, -0.25) is 4.79 Å². The predicted molar refractivity (Wildman–Crippen MR) is 77.6 cm³/mol. The molecule has 0 aromatic heterocycles. The highest BCUT2D eigenvalue weighted by atomic mass is 127. The molecule has 2 aliphatic rings. The second-order valence-electron chi connectivity index (χ2n) is 4.79. The molecule has 0 spiro atoms. The summed E-state index contributed by atoms with van der Waals surface area (Å²) in [6.45, 7) is 0. The molecule has 1 N–H and O–H groups in total. The van der Waals surface area contributed by atoms with Crippen LogP contribution in [0.5, 0.6) is 0 Å². The van der Waals surface area contributed by atoms with Crippen molar-refractivity contribution in [3.8, 4) is 0 Å². The first-order valence-electron chi connectivity index (χ1n) is 6.18. The fraction of sp³-hybridized carbons (Fsp3) is 0.286. The highest BCUT2D eigenvalue weighted by Gasteiger charge is 2.50. The normalized spacial score (nSPS) is 30.4. The van der Waals surface area contributed by atoms with Gasteiger partial charge in [0.2, 0.25) is 5.91 Å². The van der Waals surface area contributed by atoms with Crippen molar-refractivity contribution in [2.24, 2.45) is 11.8 Å². The van der Waals surface area contributed by atoms with Gasteiger partial charge in [0.25, 0.3) is 0 Å². The lowest BCUT2D eigenvalue weighted by molar-refractivity contribution is -0.313. The van der Waals surface area contributed by atoms with Crippen LogP contribution in [0.2, 0.25) is 0 Å². The summed E-state index contributed by atoms with van der Waals surface area (Å²) in [4.78, 5) is 23.6. The monoisotopic (exact) mass is 384 g/mol. The Morgan fingerprint density at radius 1 is 1.15 bits per heavy atom. The molecule has 20 heavy (non-hydrogen) atoms. The molecule has 2 bridgehead atoms. The summed E-state index contributed by atoms with van der Waals surface area (Å²) >= 11 is 2.11. The maximum Gasteiger partial charge on any atom is 0.231 e. The number of amides is 1. The summed E-state index contributed by atoms with van der Waals surface area (Å²) in [7, 11) is 0. The molecule has 0 radical (unpaired) electrons. The fourth-order valence-corrected chi connectivity index (χ4v) is 3.20. The summed E-state index contributed by atoms with van der Waals surface area (Å²) in [6, 6.07) is 7.32. The molecule has 1 amide bonds. The zero-order valence-electron chi connectivity index (χ0n) is 10.3. The number of benzene rings is 1. The zero-order valence-corrected chi connectivity index (χ0v) is 12.4. The molecule has 2 heterocycles. The summed E-state index contributed by atoms with van der Waals surface area (Å²) in [5.41, 5.74) is 0.668. The molecule has 0 saturated carbocycles. The predicted octanol–water partition coefficient (Wildman–Crippen LogP) is 0.549. The van der Waals surface area contributed by atoms with Crippen molar-refractivity contribution in [1.29, 1.82) is 0 Å². The molecule has 104 valence electrons. The Kier molecular flexibility index (Phi) is 3.51. The minimum absolute atomic E-state index is 0.347. The summed E-state index contributed by atoms with van der Waals surface area (Å²) < 4.78 is 6.34. The average molecular weight is 384 g/mol. The van der Waals surface area contributed by atoms with Crippen LogP contribution in [-0.2, 0) is 14.3 Å². The smallest absolute Gasteiger partial charge is 0.231 e. The molecule has 1 aromatic rings. The first-order chi connectivity index (χ1) is 9.58. The maximum atomic E-state index is 12.4. The van der Waals surface area contributed by atoms with Crippen LogP contribution in [0, 0.1) is 15.4 Å². The Hall–Kier alpha value is -1.41. The first-order valence-corrected chi connectivity index (χ1v) is 7.26. The number of hydrogen-bond donors (Lipinski definition) is 1. The van der Waals surface area contributed by atoms with Crippen molar-refractivity contribution >= 4 is 40.2 Å². The summed E-state index contributed by atoms with van der Waals surface area (Å²) in [5, 5.41) is 14.0. The molecule has 1 aromatic carbocycles. The number of para-hydroxylation sites is 1. The Balaban J connectivity index is 1.82. The molecule has 6 heteroatoms. The third kappa shape index (κ3) is 2.22. The molecular weight excluding hydrogens is 373 g/mol.